The van der Waals surface area contributed by atoms with Crippen LogP contribution in [0.4, 0.5) is 0 Å². The first kappa shape index (κ1) is 17.5. The zero-order valence-corrected chi connectivity index (χ0v) is 14.3. The van der Waals surface area contributed by atoms with E-state index in [-0.39, 0.29) is 18.1 Å². The number of carbonyl (C=O) groups excluding carboxylic acids is 2. The van der Waals surface area contributed by atoms with Crippen LogP contribution in [-0.2, 0) is 16.1 Å². The van der Waals surface area contributed by atoms with E-state index in [0.29, 0.717) is 37.4 Å². The summed E-state index contributed by atoms with van der Waals surface area (Å²) in [6, 6.07) is 6.10. The maximum Gasteiger partial charge on any atom is 0.251 e. The van der Waals surface area contributed by atoms with Crippen molar-refractivity contribution < 1.29 is 19.1 Å². The van der Waals surface area contributed by atoms with Gasteiger partial charge in [-0.2, -0.15) is 0 Å². The zero-order chi connectivity index (χ0) is 17.6. The fourth-order valence-corrected chi connectivity index (χ4v) is 3.12. The Hall–Kier alpha value is -2.29. The van der Waals surface area contributed by atoms with Gasteiger partial charge < -0.3 is 20.5 Å². The van der Waals surface area contributed by atoms with Gasteiger partial charge in [-0.15, -0.1) is 11.3 Å². The van der Waals surface area contributed by atoms with E-state index >= 15 is 0 Å². The third kappa shape index (κ3) is 4.62. The van der Waals surface area contributed by atoms with Gasteiger partial charge in [0.1, 0.15) is 6.10 Å². The molecule has 3 N–H and O–H groups in total. The molecule has 7 nitrogen and oxygen atoms in total. The summed E-state index contributed by atoms with van der Waals surface area (Å²) in [7, 11) is 0. The summed E-state index contributed by atoms with van der Waals surface area (Å²) < 4.78 is 11.3. The molecule has 0 spiro atoms. The lowest BCUT2D eigenvalue weighted by molar-refractivity contribution is -0.0742. The summed E-state index contributed by atoms with van der Waals surface area (Å²) in [4.78, 5) is 27.7. The molecule has 2 heterocycles. The number of thiazole rings is 1. The quantitative estimate of drug-likeness (QED) is 0.808. The van der Waals surface area contributed by atoms with Crippen LogP contribution in [0, 0.1) is 0 Å². The van der Waals surface area contributed by atoms with Gasteiger partial charge in [0.05, 0.1) is 30.5 Å². The van der Waals surface area contributed by atoms with E-state index in [1.165, 1.54) is 23.5 Å². The lowest BCUT2D eigenvalue weighted by Gasteiger charge is -2.32. The second-order valence-corrected chi connectivity index (χ2v) is 6.43. The average Bonchev–Trinajstić information content (AvgIpc) is 3.14. The molecular formula is C17H19N3O4S. The summed E-state index contributed by atoms with van der Waals surface area (Å²) in [6.07, 6.45) is 0.441. The van der Waals surface area contributed by atoms with Crippen LogP contribution in [0.5, 0.6) is 0 Å². The summed E-state index contributed by atoms with van der Waals surface area (Å²) >= 11 is 1.51. The van der Waals surface area contributed by atoms with E-state index in [1.54, 1.807) is 17.6 Å². The molecule has 1 aliphatic rings. The standard InChI is InChI=1S/C17H19N3O4S/c18-16(21)11-1-3-12(4-2-11)17(22)20-14-5-6-23-8-15(14)24-7-13-9-25-10-19-13/h1-4,9-10,14-15H,5-8H2,(H2,18,21)(H,20,22)/t14-,15-/m0/s1. The molecule has 2 atom stereocenters. The van der Waals surface area contributed by atoms with E-state index < -0.39 is 5.91 Å². The number of nitrogens with one attached hydrogen (secondary N) is 1. The smallest absolute Gasteiger partial charge is 0.251 e. The zero-order valence-electron chi connectivity index (χ0n) is 13.5. The maximum atomic E-state index is 12.4. The summed E-state index contributed by atoms with van der Waals surface area (Å²) in [5, 5.41) is 4.91. The third-order valence-corrected chi connectivity index (χ3v) is 4.62. The molecule has 0 saturated carbocycles. The van der Waals surface area contributed by atoms with Crippen molar-refractivity contribution in [3.05, 3.63) is 52.0 Å². The van der Waals surface area contributed by atoms with Gasteiger partial charge >= 0.3 is 0 Å². The highest BCUT2D eigenvalue weighted by Crippen LogP contribution is 2.15. The number of amides is 2. The van der Waals surface area contributed by atoms with Gasteiger partial charge in [-0.25, -0.2) is 4.98 Å². The summed E-state index contributed by atoms with van der Waals surface area (Å²) in [5.74, 6) is -0.739. The van der Waals surface area contributed by atoms with Gasteiger partial charge in [0.25, 0.3) is 5.91 Å². The minimum atomic E-state index is -0.521. The Bertz CT molecular complexity index is 718. The molecule has 25 heavy (non-hydrogen) atoms. The fraction of sp³-hybridized carbons (Fsp3) is 0.353. The van der Waals surface area contributed by atoms with Crippen molar-refractivity contribution in [1.29, 1.82) is 0 Å². The number of nitrogens with zero attached hydrogens (tertiary/aromatic N) is 1. The Morgan fingerprint density at radius 3 is 2.76 bits per heavy atom. The molecule has 0 unspecified atom stereocenters. The van der Waals surface area contributed by atoms with Crippen molar-refractivity contribution >= 4 is 23.2 Å². The van der Waals surface area contributed by atoms with E-state index in [2.05, 4.69) is 10.3 Å². The number of rotatable bonds is 6. The SMILES string of the molecule is NC(=O)c1ccc(C(=O)N[C@H]2CCOC[C@@H]2OCc2cscn2)cc1. The van der Waals surface area contributed by atoms with E-state index in [4.69, 9.17) is 15.2 Å². The van der Waals surface area contributed by atoms with E-state index in [0.717, 1.165) is 5.69 Å². The van der Waals surface area contributed by atoms with Gasteiger partial charge in [0, 0.05) is 23.1 Å². The summed E-state index contributed by atoms with van der Waals surface area (Å²) in [6.45, 7) is 1.38. The maximum absolute atomic E-state index is 12.4. The molecule has 1 aliphatic heterocycles. The van der Waals surface area contributed by atoms with Crippen LogP contribution in [0.15, 0.2) is 35.2 Å². The van der Waals surface area contributed by atoms with Crippen LogP contribution in [-0.4, -0.2) is 42.2 Å². The van der Waals surface area contributed by atoms with Crippen molar-refractivity contribution in [2.75, 3.05) is 13.2 Å². The molecule has 0 aliphatic carbocycles. The predicted octanol–water partition coefficient (Wildman–Crippen LogP) is 1.35. The van der Waals surface area contributed by atoms with Gasteiger partial charge in [-0.05, 0) is 30.7 Å². The van der Waals surface area contributed by atoms with Crippen LogP contribution in [0.25, 0.3) is 0 Å². The van der Waals surface area contributed by atoms with Crippen molar-refractivity contribution in [3.63, 3.8) is 0 Å². The van der Waals surface area contributed by atoms with Gasteiger partial charge in [-0.3, -0.25) is 9.59 Å². The van der Waals surface area contributed by atoms with Crippen molar-refractivity contribution in [2.24, 2.45) is 5.73 Å². The first-order valence-corrected chi connectivity index (χ1v) is 8.85. The number of carbonyl (C=O) groups is 2. The molecule has 8 heteroatoms. The van der Waals surface area contributed by atoms with Gasteiger partial charge in [-0.1, -0.05) is 0 Å². The average molecular weight is 361 g/mol. The monoisotopic (exact) mass is 361 g/mol. The van der Waals surface area contributed by atoms with Gasteiger partial charge in [0.2, 0.25) is 5.91 Å². The highest BCUT2D eigenvalue weighted by molar-refractivity contribution is 7.07. The van der Waals surface area contributed by atoms with Gasteiger partial charge in [0.15, 0.2) is 0 Å². The molecule has 2 aromatic rings. The van der Waals surface area contributed by atoms with Crippen LogP contribution in [0.1, 0.15) is 32.8 Å². The molecular weight excluding hydrogens is 342 g/mol. The largest absolute Gasteiger partial charge is 0.379 e. The Morgan fingerprint density at radius 2 is 2.08 bits per heavy atom. The van der Waals surface area contributed by atoms with Crippen LogP contribution in [0.3, 0.4) is 0 Å². The normalized spacial score (nSPS) is 20.2. The van der Waals surface area contributed by atoms with Crippen LogP contribution < -0.4 is 11.1 Å². The van der Waals surface area contributed by atoms with Crippen LogP contribution >= 0.6 is 11.3 Å². The molecule has 1 aromatic carbocycles. The lowest BCUT2D eigenvalue weighted by atomic mass is 10.0. The number of hydrogen-bond donors (Lipinski definition) is 2. The number of benzene rings is 1. The number of ether oxygens (including phenoxy) is 2. The topological polar surface area (TPSA) is 104 Å². The van der Waals surface area contributed by atoms with Crippen molar-refractivity contribution in [3.8, 4) is 0 Å². The summed E-state index contributed by atoms with van der Waals surface area (Å²) in [5.41, 5.74) is 8.66. The Labute approximate surface area is 149 Å². The first-order valence-electron chi connectivity index (χ1n) is 7.90. The first-order chi connectivity index (χ1) is 12.1. The molecule has 3 rings (SSSR count). The molecule has 132 valence electrons. The Balaban J connectivity index is 1.60. The van der Waals surface area contributed by atoms with E-state index in [1.807, 2.05) is 5.38 Å². The number of aromatic nitrogens is 1. The number of nitrogens with two attached hydrogens (primary N) is 1. The molecule has 2 amide bonds. The van der Waals surface area contributed by atoms with E-state index in [9.17, 15) is 9.59 Å². The second-order valence-electron chi connectivity index (χ2n) is 5.71. The predicted molar refractivity (Wildman–Crippen MR) is 92.3 cm³/mol. The minimum Gasteiger partial charge on any atom is -0.379 e. The van der Waals surface area contributed by atoms with Crippen molar-refractivity contribution in [1.82, 2.24) is 10.3 Å². The van der Waals surface area contributed by atoms with Crippen molar-refractivity contribution in [2.45, 2.75) is 25.2 Å². The molecule has 1 aromatic heterocycles. The molecule has 0 bridgehead atoms. The Kier molecular flexibility index (Phi) is 5.75. The number of primary amides is 1. The number of hydrogen-bond acceptors (Lipinski definition) is 6. The molecule has 1 saturated heterocycles. The fourth-order valence-electron chi connectivity index (χ4n) is 2.58. The Morgan fingerprint density at radius 1 is 1.32 bits per heavy atom. The highest BCUT2D eigenvalue weighted by atomic mass is 32.1. The van der Waals surface area contributed by atoms with Crippen LogP contribution in [0.2, 0.25) is 0 Å². The minimum absolute atomic E-state index is 0.143. The third-order valence-electron chi connectivity index (χ3n) is 3.98. The second kappa shape index (κ2) is 8.19. The molecule has 1 fully saturated rings. The highest BCUT2D eigenvalue weighted by Gasteiger charge is 2.28. The lowest BCUT2D eigenvalue weighted by Crippen LogP contribution is -2.49. The molecule has 0 radical (unpaired) electrons.